The van der Waals surface area contributed by atoms with Gasteiger partial charge in [0.25, 0.3) is 0 Å². The van der Waals surface area contributed by atoms with Gasteiger partial charge < -0.3 is 14.2 Å². The van der Waals surface area contributed by atoms with Crippen LogP contribution in [0, 0.1) is 0 Å². The van der Waals surface area contributed by atoms with E-state index in [1.807, 2.05) is 0 Å². The molecule has 0 rings (SSSR count). The van der Waals surface area contributed by atoms with Crippen LogP contribution in [0.15, 0.2) is 194 Å². The Balaban J connectivity index is 4.52. The predicted molar refractivity (Wildman–Crippen MR) is 361 cm³/mol. The first-order valence-electron chi connectivity index (χ1n) is 32.9. The van der Waals surface area contributed by atoms with Crippen LogP contribution in [0.4, 0.5) is 0 Å². The number of hydrogen-bond acceptors (Lipinski definition) is 6. The molecule has 0 N–H and O–H groups in total. The summed E-state index contributed by atoms with van der Waals surface area (Å²) in [5.74, 6) is -1.01. The smallest absolute Gasteiger partial charge is 0.306 e. The van der Waals surface area contributed by atoms with Crippen LogP contribution in [-0.4, -0.2) is 37.2 Å². The first-order valence-corrected chi connectivity index (χ1v) is 32.9. The molecule has 0 heterocycles. The third kappa shape index (κ3) is 66.9. The van der Waals surface area contributed by atoms with Gasteiger partial charge in [-0.1, -0.05) is 267 Å². The molecule has 0 saturated heterocycles. The van der Waals surface area contributed by atoms with Gasteiger partial charge in [-0.3, -0.25) is 14.4 Å². The van der Waals surface area contributed by atoms with Crippen molar-refractivity contribution in [2.24, 2.45) is 0 Å². The Morgan fingerprint density at radius 2 is 0.434 bits per heavy atom. The molecule has 1 unspecified atom stereocenters. The third-order valence-corrected chi connectivity index (χ3v) is 13.1. The van der Waals surface area contributed by atoms with Crippen molar-refractivity contribution in [3.63, 3.8) is 0 Å². The lowest BCUT2D eigenvalue weighted by atomic mass is 10.1. The third-order valence-electron chi connectivity index (χ3n) is 13.1. The zero-order chi connectivity index (χ0) is 59.9. The summed E-state index contributed by atoms with van der Waals surface area (Å²) in [5.41, 5.74) is 0. The van der Waals surface area contributed by atoms with E-state index in [1.54, 1.807) is 0 Å². The molecule has 0 aliphatic carbocycles. The fourth-order valence-corrected chi connectivity index (χ4v) is 8.26. The van der Waals surface area contributed by atoms with E-state index in [-0.39, 0.29) is 37.5 Å². The van der Waals surface area contributed by atoms with Gasteiger partial charge in [-0.05, 0) is 161 Å². The van der Waals surface area contributed by atoms with E-state index in [1.165, 1.54) is 38.5 Å². The number of ether oxygens (including phenoxy) is 3. The zero-order valence-corrected chi connectivity index (χ0v) is 52.9. The van der Waals surface area contributed by atoms with Crippen LogP contribution in [0.5, 0.6) is 0 Å². The van der Waals surface area contributed by atoms with Gasteiger partial charge >= 0.3 is 17.9 Å². The summed E-state index contributed by atoms with van der Waals surface area (Å²) in [6.07, 6.45) is 104. The van der Waals surface area contributed by atoms with Crippen LogP contribution in [0.3, 0.4) is 0 Å². The van der Waals surface area contributed by atoms with Crippen LogP contribution >= 0.6 is 0 Å². The molecule has 0 spiro atoms. The summed E-state index contributed by atoms with van der Waals surface area (Å²) in [6.45, 7) is 6.22. The first kappa shape index (κ1) is 77.2. The van der Waals surface area contributed by atoms with E-state index in [0.29, 0.717) is 19.3 Å². The number of esters is 3. The molecule has 1 atom stereocenters. The summed E-state index contributed by atoms with van der Waals surface area (Å²) in [4.78, 5) is 38.4. The molecule has 6 heteroatoms. The SMILES string of the molecule is CC/C=C\C/C=C\C/C=C\C/C=C\C/C=C\C/C=C\C/C=C\CCCCCC(=O)OCC(COC(=O)CCCC/C=C\C/C=C\C/C=C\C/C=C\CC)OC(=O)CCCCCCCCCCC/C=C\C/C=C\C/C=C\C/C=C\C/C=C\CC. The van der Waals surface area contributed by atoms with Crippen molar-refractivity contribution in [1.29, 1.82) is 0 Å². The summed E-state index contributed by atoms with van der Waals surface area (Å²) in [7, 11) is 0. The van der Waals surface area contributed by atoms with Crippen molar-refractivity contribution in [2.45, 2.75) is 258 Å². The highest BCUT2D eigenvalue weighted by Gasteiger charge is 2.19. The molecular formula is C77H118O6. The second-order valence-corrected chi connectivity index (χ2v) is 20.9. The van der Waals surface area contributed by atoms with Crippen LogP contribution in [-0.2, 0) is 28.6 Å². The Hall–Kier alpha value is -5.75. The second-order valence-electron chi connectivity index (χ2n) is 20.9. The van der Waals surface area contributed by atoms with Gasteiger partial charge in [-0.25, -0.2) is 0 Å². The summed E-state index contributed by atoms with van der Waals surface area (Å²) < 4.78 is 16.9. The minimum absolute atomic E-state index is 0.122. The Morgan fingerprint density at radius 1 is 0.241 bits per heavy atom. The van der Waals surface area contributed by atoms with Crippen LogP contribution in [0.1, 0.15) is 252 Å². The van der Waals surface area contributed by atoms with Gasteiger partial charge in [-0.2, -0.15) is 0 Å². The quantitative estimate of drug-likeness (QED) is 0.0261. The van der Waals surface area contributed by atoms with Crippen molar-refractivity contribution in [1.82, 2.24) is 0 Å². The predicted octanol–water partition coefficient (Wildman–Crippen LogP) is 23.0. The standard InChI is InChI=1S/C77H118O6/c1-4-7-10-13-16-19-22-25-28-30-32-34-36-38-40-42-44-46-49-52-55-58-61-64-67-70-76(79)82-73-74(72-81-75(78)69-66-63-60-57-54-51-48-27-24-21-18-15-12-9-6-3)83-77(80)71-68-65-62-59-56-53-50-47-45-43-41-39-37-35-33-31-29-26-23-20-17-14-11-8-5-2/h7-12,16-21,25-29,32-35,38-41,44,46,48,52,54-55,57,74H,4-6,13-15,22-24,30-31,36-37,42-43,45,47,49-51,53,56,58-73H2,1-3H3/b10-7-,11-8-,12-9-,19-16-,20-17-,21-18-,28-25-,29-26-,34-32-,35-33-,40-38-,41-39-,46-44-,48-27-,55-52-,57-54-. The molecule has 0 bridgehead atoms. The summed E-state index contributed by atoms with van der Waals surface area (Å²) in [6, 6.07) is 0. The molecule has 0 aliphatic heterocycles. The molecular weight excluding hydrogens is 1020 g/mol. The van der Waals surface area contributed by atoms with E-state index in [9.17, 15) is 14.4 Å². The molecule has 0 amide bonds. The highest BCUT2D eigenvalue weighted by molar-refractivity contribution is 5.71. The molecule has 0 aromatic rings. The minimum Gasteiger partial charge on any atom is -0.462 e. The lowest BCUT2D eigenvalue weighted by Crippen LogP contribution is -2.30. The molecule has 462 valence electrons. The highest BCUT2D eigenvalue weighted by Crippen LogP contribution is 2.14. The van der Waals surface area contributed by atoms with E-state index in [2.05, 4.69) is 215 Å². The average Bonchev–Trinajstić information content (AvgIpc) is 3.49. The van der Waals surface area contributed by atoms with E-state index < -0.39 is 6.10 Å². The van der Waals surface area contributed by atoms with Crippen molar-refractivity contribution in [2.75, 3.05) is 13.2 Å². The first-order chi connectivity index (χ1) is 41.0. The molecule has 0 saturated carbocycles. The van der Waals surface area contributed by atoms with Crippen molar-refractivity contribution in [3.05, 3.63) is 194 Å². The normalized spacial score (nSPS) is 13.4. The maximum Gasteiger partial charge on any atom is 0.306 e. The van der Waals surface area contributed by atoms with Gasteiger partial charge in [0.1, 0.15) is 13.2 Å². The van der Waals surface area contributed by atoms with Crippen molar-refractivity contribution >= 4 is 17.9 Å². The molecule has 0 aliphatic rings. The summed E-state index contributed by atoms with van der Waals surface area (Å²) >= 11 is 0. The minimum atomic E-state index is -0.827. The molecule has 0 fully saturated rings. The van der Waals surface area contributed by atoms with Gasteiger partial charge in [0, 0.05) is 19.3 Å². The van der Waals surface area contributed by atoms with E-state index in [4.69, 9.17) is 14.2 Å². The number of rotatable bonds is 57. The summed E-state index contributed by atoms with van der Waals surface area (Å²) in [5, 5.41) is 0. The molecule has 6 nitrogen and oxygen atoms in total. The lowest BCUT2D eigenvalue weighted by Gasteiger charge is -2.18. The average molecular weight is 1140 g/mol. The van der Waals surface area contributed by atoms with Gasteiger partial charge in [0.15, 0.2) is 6.10 Å². The van der Waals surface area contributed by atoms with Crippen molar-refractivity contribution in [3.8, 4) is 0 Å². The number of allylic oxidation sites excluding steroid dienone is 32. The number of hydrogen-bond donors (Lipinski definition) is 0. The van der Waals surface area contributed by atoms with Gasteiger partial charge in [-0.15, -0.1) is 0 Å². The second kappa shape index (κ2) is 68.7. The zero-order valence-electron chi connectivity index (χ0n) is 52.9. The maximum atomic E-state index is 12.9. The largest absolute Gasteiger partial charge is 0.462 e. The van der Waals surface area contributed by atoms with Crippen molar-refractivity contribution < 1.29 is 28.6 Å². The monoisotopic (exact) mass is 1140 g/mol. The number of unbranched alkanes of at least 4 members (excludes halogenated alkanes) is 14. The Bertz CT molecular complexity index is 1990. The van der Waals surface area contributed by atoms with Crippen LogP contribution < -0.4 is 0 Å². The Morgan fingerprint density at radius 3 is 0.711 bits per heavy atom. The van der Waals surface area contributed by atoms with E-state index >= 15 is 0 Å². The fraction of sp³-hybridized carbons (Fsp3) is 0.545. The van der Waals surface area contributed by atoms with E-state index in [0.717, 1.165) is 167 Å². The molecule has 0 aromatic heterocycles. The fourth-order valence-electron chi connectivity index (χ4n) is 8.26. The van der Waals surface area contributed by atoms with Gasteiger partial charge in [0.2, 0.25) is 0 Å². The van der Waals surface area contributed by atoms with Crippen LogP contribution in [0.25, 0.3) is 0 Å². The lowest BCUT2D eigenvalue weighted by molar-refractivity contribution is -0.167. The van der Waals surface area contributed by atoms with Gasteiger partial charge in [0.05, 0.1) is 0 Å². The number of carbonyl (C=O) groups is 3. The Labute approximate surface area is 509 Å². The molecule has 0 aromatic carbocycles. The molecule has 83 heavy (non-hydrogen) atoms. The highest BCUT2D eigenvalue weighted by atomic mass is 16.6. The maximum absolute atomic E-state index is 12.9. The molecule has 0 radical (unpaired) electrons. The number of carbonyl (C=O) groups excluding carboxylic acids is 3. The Kier molecular flexibility index (Phi) is 64.0. The topological polar surface area (TPSA) is 78.9 Å². The van der Waals surface area contributed by atoms with Crippen LogP contribution in [0.2, 0.25) is 0 Å².